The summed E-state index contributed by atoms with van der Waals surface area (Å²) in [5.41, 5.74) is 0.237. The van der Waals surface area contributed by atoms with Crippen molar-refractivity contribution in [2.45, 2.75) is 33.4 Å². The average molecular weight is 288 g/mol. The van der Waals surface area contributed by atoms with Crippen LogP contribution in [0.25, 0.3) is 0 Å². The first-order valence-electron chi connectivity index (χ1n) is 7.14. The molecule has 0 aromatic carbocycles. The van der Waals surface area contributed by atoms with E-state index in [9.17, 15) is 9.59 Å². The molecular formula is C15H20N4O2. The maximum Gasteiger partial charge on any atom is 0.331 e. The monoisotopic (exact) mass is 288 g/mol. The standard InChI is InChI=1S/C15H20N4O2/c1-3-8-16-13-6-5-12(10-17-13)11-19-14(20)7-9-18(4-2)15(19)21/h5-7,9-10H,3-4,8,11H2,1-2H3,(H,16,17). The number of hydrogen-bond acceptors (Lipinski definition) is 4. The van der Waals surface area contributed by atoms with Crippen LogP contribution in [0, 0.1) is 0 Å². The van der Waals surface area contributed by atoms with Crippen LogP contribution < -0.4 is 16.6 Å². The number of anilines is 1. The van der Waals surface area contributed by atoms with Crippen LogP contribution >= 0.6 is 0 Å². The summed E-state index contributed by atoms with van der Waals surface area (Å²) >= 11 is 0. The third kappa shape index (κ3) is 3.59. The number of nitrogens with one attached hydrogen (secondary N) is 1. The first-order chi connectivity index (χ1) is 10.2. The summed E-state index contributed by atoms with van der Waals surface area (Å²) in [7, 11) is 0. The van der Waals surface area contributed by atoms with E-state index in [4.69, 9.17) is 0 Å². The summed E-state index contributed by atoms with van der Waals surface area (Å²) in [6.45, 7) is 5.59. The highest BCUT2D eigenvalue weighted by molar-refractivity contribution is 5.35. The quantitative estimate of drug-likeness (QED) is 0.870. The SMILES string of the molecule is CCCNc1ccc(Cn2c(=O)ccn(CC)c2=O)cn1. The maximum absolute atomic E-state index is 12.1. The van der Waals surface area contributed by atoms with Crippen molar-refractivity contribution in [3.05, 3.63) is 57.0 Å². The maximum atomic E-state index is 12.1. The van der Waals surface area contributed by atoms with Gasteiger partial charge in [0.05, 0.1) is 6.54 Å². The number of hydrogen-bond donors (Lipinski definition) is 1. The van der Waals surface area contributed by atoms with Crippen molar-refractivity contribution < 1.29 is 0 Å². The molecule has 0 saturated carbocycles. The normalized spacial score (nSPS) is 10.6. The van der Waals surface area contributed by atoms with E-state index in [1.165, 1.54) is 21.4 Å². The Bertz CT molecular complexity index is 701. The zero-order chi connectivity index (χ0) is 15.2. The van der Waals surface area contributed by atoms with Gasteiger partial charge in [-0.05, 0) is 25.0 Å². The van der Waals surface area contributed by atoms with Crippen molar-refractivity contribution >= 4 is 5.82 Å². The summed E-state index contributed by atoms with van der Waals surface area (Å²) in [6.07, 6.45) is 4.24. The van der Waals surface area contributed by atoms with E-state index >= 15 is 0 Å². The highest BCUT2D eigenvalue weighted by atomic mass is 16.2. The van der Waals surface area contributed by atoms with E-state index in [1.54, 1.807) is 6.20 Å². The molecule has 0 aliphatic heterocycles. The number of rotatable bonds is 6. The van der Waals surface area contributed by atoms with Gasteiger partial charge in [-0.2, -0.15) is 0 Å². The Morgan fingerprint density at radius 1 is 1.19 bits per heavy atom. The number of aryl methyl sites for hydroxylation is 1. The second-order valence-corrected chi connectivity index (χ2v) is 4.79. The highest BCUT2D eigenvalue weighted by Crippen LogP contribution is 2.05. The van der Waals surface area contributed by atoms with Crippen molar-refractivity contribution in [1.82, 2.24) is 14.1 Å². The van der Waals surface area contributed by atoms with Gasteiger partial charge in [-0.3, -0.25) is 9.36 Å². The predicted molar refractivity (Wildman–Crippen MR) is 82.8 cm³/mol. The second kappa shape index (κ2) is 6.88. The molecule has 6 nitrogen and oxygen atoms in total. The van der Waals surface area contributed by atoms with Crippen LogP contribution in [-0.4, -0.2) is 20.7 Å². The summed E-state index contributed by atoms with van der Waals surface area (Å²) in [5, 5.41) is 3.18. The number of pyridine rings is 1. The van der Waals surface area contributed by atoms with Crippen molar-refractivity contribution in [1.29, 1.82) is 0 Å². The minimum Gasteiger partial charge on any atom is -0.370 e. The Morgan fingerprint density at radius 3 is 2.62 bits per heavy atom. The van der Waals surface area contributed by atoms with Gasteiger partial charge in [-0.1, -0.05) is 13.0 Å². The number of nitrogens with zero attached hydrogens (tertiary/aromatic N) is 3. The van der Waals surface area contributed by atoms with E-state index < -0.39 is 0 Å². The van der Waals surface area contributed by atoms with Crippen molar-refractivity contribution in [2.24, 2.45) is 0 Å². The molecule has 21 heavy (non-hydrogen) atoms. The fraction of sp³-hybridized carbons (Fsp3) is 0.400. The molecule has 2 heterocycles. The molecule has 2 rings (SSSR count). The Balaban J connectivity index is 2.22. The van der Waals surface area contributed by atoms with Crippen LogP contribution in [0.5, 0.6) is 0 Å². The van der Waals surface area contributed by atoms with Crippen LogP contribution in [0.1, 0.15) is 25.8 Å². The largest absolute Gasteiger partial charge is 0.370 e. The van der Waals surface area contributed by atoms with E-state index in [0.29, 0.717) is 6.54 Å². The van der Waals surface area contributed by atoms with Gasteiger partial charge in [-0.15, -0.1) is 0 Å². The molecule has 1 N–H and O–H groups in total. The van der Waals surface area contributed by atoms with Gasteiger partial charge >= 0.3 is 5.69 Å². The Labute approximate surface area is 123 Å². The summed E-state index contributed by atoms with van der Waals surface area (Å²) in [4.78, 5) is 28.2. The van der Waals surface area contributed by atoms with Crippen LogP contribution in [0.2, 0.25) is 0 Å². The molecule has 2 aromatic heterocycles. The molecule has 0 saturated heterocycles. The fourth-order valence-electron chi connectivity index (χ4n) is 2.00. The molecule has 0 bridgehead atoms. The molecule has 6 heteroatoms. The lowest BCUT2D eigenvalue weighted by molar-refractivity contribution is 0.599. The minimum atomic E-state index is -0.294. The molecular weight excluding hydrogens is 268 g/mol. The summed E-state index contributed by atoms with van der Waals surface area (Å²) in [6, 6.07) is 5.15. The van der Waals surface area contributed by atoms with E-state index in [1.807, 2.05) is 19.1 Å². The van der Waals surface area contributed by atoms with E-state index in [2.05, 4.69) is 17.2 Å². The molecule has 0 fully saturated rings. The fourth-order valence-corrected chi connectivity index (χ4v) is 2.00. The third-order valence-electron chi connectivity index (χ3n) is 3.20. The molecule has 0 radical (unpaired) electrons. The zero-order valence-corrected chi connectivity index (χ0v) is 12.4. The summed E-state index contributed by atoms with van der Waals surface area (Å²) < 4.78 is 2.73. The van der Waals surface area contributed by atoms with Gasteiger partial charge in [0.2, 0.25) is 0 Å². The predicted octanol–water partition coefficient (Wildman–Crippen LogP) is 1.30. The van der Waals surface area contributed by atoms with Crippen molar-refractivity contribution in [3.8, 4) is 0 Å². The van der Waals surface area contributed by atoms with E-state index in [-0.39, 0.29) is 17.8 Å². The molecule has 0 aliphatic rings. The molecule has 2 aromatic rings. The van der Waals surface area contributed by atoms with Gasteiger partial charge in [-0.25, -0.2) is 9.78 Å². The first kappa shape index (κ1) is 15.0. The minimum absolute atomic E-state index is 0.236. The zero-order valence-electron chi connectivity index (χ0n) is 12.4. The van der Waals surface area contributed by atoms with Gasteiger partial charge in [0, 0.05) is 31.5 Å². The molecule has 0 amide bonds. The van der Waals surface area contributed by atoms with Gasteiger partial charge < -0.3 is 9.88 Å². The van der Waals surface area contributed by atoms with Gasteiger partial charge in [0.1, 0.15) is 5.82 Å². The second-order valence-electron chi connectivity index (χ2n) is 4.79. The lowest BCUT2D eigenvalue weighted by atomic mass is 10.2. The smallest absolute Gasteiger partial charge is 0.331 e. The molecule has 112 valence electrons. The average Bonchev–Trinajstić information content (AvgIpc) is 2.51. The van der Waals surface area contributed by atoms with Crippen LogP contribution in [0.4, 0.5) is 5.82 Å². The van der Waals surface area contributed by atoms with Crippen LogP contribution in [0.15, 0.2) is 40.2 Å². The molecule has 0 atom stereocenters. The first-order valence-corrected chi connectivity index (χ1v) is 7.14. The topological polar surface area (TPSA) is 68.9 Å². The number of aromatic nitrogens is 3. The molecule has 0 unspecified atom stereocenters. The van der Waals surface area contributed by atoms with Gasteiger partial charge in [0.15, 0.2) is 0 Å². The summed E-state index contributed by atoms with van der Waals surface area (Å²) in [5.74, 6) is 0.798. The van der Waals surface area contributed by atoms with Gasteiger partial charge in [0.25, 0.3) is 5.56 Å². The van der Waals surface area contributed by atoms with Crippen molar-refractivity contribution in [2.75, 3.05) is 11.9 Å². The van der Waals surface area contributed by atoms with Crippen LogP contribution in [-0.2, 0) is 13.1 Å². The highest BCUT2D eigenvalue weighted by Gasteiger charge is 2.05. The van der Waals surface area contributed by atoms with E-state index in [0.717, 1.165) is 24.3 Å². The third-order valence-corrected chi connectivity index (χ3v) is 3.20. The molecule has 0 aliphatic carbocycles. The Kier molecular flexibility index (Phi) is 4.92. The molecule has 0 spiro atoms. The van der Waals surface area contributed by atoms with Crippen LogP contribution in [0.3, 0.4) is 0 Å². The lowest BCUT2D eigenvalue weighted by Crippen LogP contribution is -2.39. The Morgan fingerprint density at radius 2 is 2.00 bits per heavy atom. The van der Waals surface area contributed by atoms with Crippen molar-refractivity contribution in [3.63, 3.8) is 0 Å². The lowest BCUT2D eigenvalue weighted by Gasteiger charge is -2.09. The Hall–Kier alpha value is -2.37.